The van der Waals surface area contributed by atoms with Crippen molar-refractivity contribution in [2.75, 3.05) is 10.0 Å². The zero-order chi connectivity index (χ0) is 20.1. The first-order valence-corrected chi connectivity index (χ1v) is 9.56. The van der Waals surface area contributed by atoms with Gasteiger partial charge in [-0.05, 0) is 66.7 Å². The molecule has 1 amide bonds. The van der Waals surface area contributed by atoms with Crippen LogP contribution in [0.25, 0.3) is 0 Å². The van der Waals surface area contributed by atoms with Crippen molar-refractivity contribution >= 4 is 27.3 Å². The van der Waals surface area contributed by atoms with Crippen molar-refractivity contribution in [3.05, 3.63) is 89.7 Å². The summed E-state index contributed by atoms with van der Waals surface area (Å²) in [5.41, 5.74) is 1.24. The van der Waals surface area contributed by atoms with Crippen molar-refractivity contribution in [1.82, 2.24) is 0 Å². The number of nitriles is 1. The van der Waals surface area contributed by atoms with E-state index in [2.05, 4.69) is 10.0 Å². The Hall–Kier alpha value is -3.70. The van der Waals surface area contributed by atoms with Crippen LogP contribution < -0.4 is 10.0 Å². The highest BCUT2D eigenvalue weighted by atomic mass is 32.2. The minimum absolute atomic E-state index is 0.0286. The summed E-state index contributed by atoms with van der Waals surface area (Å²) in [7, 11) is -3.85. The predicted octanol–water partition coefficient (Wildman–Crippen LogP) is 3.75. The normalized spacial score (nSPS) is 10.7. The second-order valence-electron chi connectivity index (χ2n) is 5.78. The van der Waals surface area contributed by atoms with Gasteiger partial charge < -0.3 is 5.32 Å². The summed E-state index contributed by atoms with van der Waals surface area (Å²) in [4.78, 5) is 12.2. The van der Waals surface area contributed by atoms with E-state index in [1.54, 1.807) is 6.07 Å². The molecule has 6 nitrogen and oxygen atoms in total. The number of amides is 1. The zero-order valence-corrected chi connectivity index (χ0v) is 15.2. The lowest BCUT2D eigenvalue weighted by Crippen LogP contribution is -2.15. The molecule has 3 aromatic carbocycles. The van der Waals surface area contributed by atoms with Gasteiger partial charge in [0.05, 0.1) is 16.5 Å². The van der Waals surface area contributed by atoms with Crippen LogP contribution in [0, 0.1) is 17.1 Å². The Morgan fingerprint density at radius 2 is 1.61 bits per heavy atom. The number of sulfonamides is 1. The van der Waals surface area contributed by atoms with Crippen LogP contribution in [0.4, 0.5) is 15.8 Å². The molecule has 0 aliphatic carbocycles. The molecule has 0 unspecified atom stereocenters. The molecular weight excluding hydrogens is 381 g/mol. The summed E-state index contributed by atoms with van der Waals surface area (Å²) in [5.74, 6) is -0.970. The largest absolute Gasteiger partial charge is 0.322 e. The molecule has 0 radical (unpaired) electrons. The van der Waals surface area contributed by atoms with E-state index in [9.17, 15) is 17.6 Å². The van der Waals surface area contributed by atoms with Gasteiger partial charge in [0.2, 0.25) is 0 Å². The van der Waals surface area contributed by atoms with E-state index in [0.717, 1.165) is 0 Å². The molecule has 0 saturated carbocycles. The number of hydrogen-bond acceptors (Lipinski definition) is 4. The summed E-state index contributed by atoms with van der Waals surface area (Å²) in [6.07, 6.45) is 0. The lowest BCUT2D eigenvalue weighted by atomic mass is 10.2. The molecule has 8 heteroatoms. The van der Waals surface area contributed by atoms with Crippen LogP contribution in [0.3, 0.4) is 0 Å². The molecule has 0 aliphatic rings. The molecule has 0 fully saturated rings. The minimum Gasteiger partial charge on any atom is -0.322 e. The Bertz CT molecular complexity index is 1150. The zero-order valence-electron chi connectivity index (χ0n) is 14.4. The maximum Gasteiger partial charge on any atom is 0.261 e. The number of benzene rings is 3. The molecule has 28 heavy (non-hydrogen) atoms. The number of nitrogens with zero attached hydrogens (tertiary/aromatic N) is 1. The van der Waals surface area contributed by atoms with Crippen LogP contribution in [-0.4, -0.2) is 14.3 Å². The van der Waals surface area contributed by atoms with Gasteiger partial charge in [-0.2, -0.15) is 5.26 Å². The second kappa shape index (κ2) is 7.90. The number of carbonyl (C=O) groups excluding carboxylic acids is 1. The maximum absolute atomic E-state index is 13.2. The van der Waals surface area contributed by atoms with E-state index in [0.29, 0.717) is 16.9 Å². The average molecular weight is 395 g/mol. The van der Waals surface area contributed by atoms with Crippen molar-refractivity contribution in [3.8, 4) is 6.07 Å². The van der Waals surface area contributed by atoms with E-state index < -0.39 is 21.7 Å². The molecule has 0 atom stereocenters. The molecule has 0 aromatic heterocycles. The van der Waals surface area contributed by atoms with E-state index in [1.807, 2.05) is 6.07 Å². The number of rotatable bonds is 5. The minimum atomic E-state index is -3.85. The van der Waals surface area contributed by atoms with E-state index in [-0.39, 0.29) is 10.5 Å². The fourth-order valence-electron chi connectivity index (χ4n) is 2.38. The van der Waals surface area contributed by atoms with Gasteiger partial charge in [-0.1, -0.05) is 6.07 Å². The van der Waals surface area contributed by atoms with Gasteiger partial charge in [-0.15, -0.1) is 0 Å². The Labute approximate surface area is 161 Å². The fourth-order valence-corrected chi connectivity index (χ4v) is 3.44. The molecule has 0 aliphatic heterocycles. The lowest BCUT2D eigenvalue weighted by molar-refractivity contribution is 0.102. The monoisotopic (exact) mass is 395 g/mol. The van der Waals surface area contributed by atoms with Gasteiger partial charge in [0, 0.05) is 16.9 Å². The quantitative estimate of drug-likeness (QED) is 0.687. The Morgan fingerprint density at radius 3 is 2.21 bits per heavy atom. The first-order chi connectivity index (χ1) is 13.4. The predicted molar refractivity (Wildman–Crippen MR) is 103 cm³/mol. The SMILES string of the molecule is N#Cc1ccc(NS(=O)(=O)c2ccc(C(=O)Nc3cccc(F)c3)cc2)cc1. The lowest BCUT2D eigenvalue weighted by Gasteiger charge is -2.09. The number of anilines is 2. The number of nitrogens with one attached hydrogen (secondary N) is 2. The molecule has 3 rings (SSSR count). The molecule has 140 valence electrons. The Kier molecular flexibility index (Phi) is 5.38. The smallest absolute Gasteiger partial charge is 0.261 e. The van der Waals surface area contributed by atoms with E-state index in [4.69, 9.17) is 5.26 Å². The molecule has 2 N–H and O–H groups in total. The molecule has 0 spiro atoms. The number of carbonyl (C=O) groups is 1. The van der Waals surface area contributed by atoms with Gasteiger partial charge in [0.1, 0.15) is 5.82 Å². The van der Waals surface area contributed by atoms with Crippen LogP contribution in [0.15, 0.2) is 77.7 Å². The summed E-state index contributed by atoms with van der Waals surface area (Å²) in [6, 6.07) is 18.7. The topological polar surface area (TPSA) is 99.1 Å². The number of hydrogen-bond donors (Lipinski definition) is 2. The third-order valence-electron chi connectivity index (χ3n) is 3.78. The first-order valence-electron chi connectivity index (χ1n) is 8.07. The molecular formula is C20H14FN3O3S. The number of halogens is 1. The third-order valence-corrected chi connectivity index (χ3v) is 5.17. The van der Waals surface area contributed by atoms with E-state index >= 15 is 0 Å². The van der Waals surface area contributed by atoms with Crippen molar-refractivity contribution < 1.29 is 17.6 Å². The maximum atomic E-state index is 13.2. The van der Waals surface area contributed by atoms with Gasteiger partial charge in [0.15, 0.2) is 0 Å². The standard InChI is InChI=1S/C20H14FN3O3S/c21-16-2-1-3-18(12-16)23-20(25)15-6-10-19(11-7-15)28(26,27)24-17-8-4-14(13-22)5-9-17/h1-12,24H,(H,23,25). The van der Waals surface area contributed by atoms with Crippen molar-refractivity contribution in [3.63, 3.8) is 0 Å². The van der Waals surface area contributed by atoms with Crippen molar-refractivity contribution in [2.24, 2.45) is 0 Å². The summed E-state index contributed by atoms with van der Waals surface area (Å²) in [5, 5.41) is 11.3. The molecule has 0 heterocycles. The summed E-state index contributed by atoms with van der Waals surface area (Å²) < 4.78 is 40.5. The molecule has 0 saturated heterocycles. The summed E-state index contributed by atoms with van der Waals surface area (Å²) >= 11 is 0. The van der Waals surface area contributed by atoms with Crippen LogP contribution in [0.5, 0.6) is 0 Å². The van der Waals surface area contributed by atoms with Crippen LogP contribution >= 0.6 is 0 Å². The first kappa shape index (κ1) is 19.1. The highest BCUT2D eigenvalue weighted by Gasteiger charge is 2.15. The van der Waals surface area contributed by atoms with Crippen LogP contribution in [0.1, 0.15) is 15.9 Å². The van der Waals surface area contributed by atoms with Crippen molar-refractivity contribution in [2.45, 2.75) is 4.90 Å². The average Bonchev–Trinajstić information content (AvgIpc) is 2.68. The second-order valence-corrected chi connectivity index (χ2v) is 7.47. The van der Waals surface area contributed by atoms with Crippen LogP contribution in [0.2, 0.25) is 0 Å². The van der Waals surface area contributed by atoms with E-state index in [1.165, 1.54) is 66.7 Å². The van der Waals surface area contributed by atoms with Gasteiger partial charge in [-0.3, -0.25) is 9.52 Å². The Balaban J connectivity index is 1.73. The third kappa shape index (κ3) is 4.52. The molecule has 0 bridgehead atoms. The summed E-state index contributed by atoms with van der Waals surface area (Å²) in [6.45, 7) is 0. The Morgan fingerprint density at radius 1 is 0.929 bits per heavy atom. The van der Waals surface area contributed by atoms with Gasteiger partial charge in [-0.25, -0.2) is 12.8 Å². The molecule has 3 aromatic rings. The van der Waals surface area contributed by atoms with Crippen molar-refractivity contribution in [1.29, 1.82) is 5.26 Å². The van der Waals surface area contributed by atoms with Gasteiger partial charge >= 0.3 is 0 Å². The highest BCUT2D eigenvalue weighted by Crippen LogP contribution is 2.18. The highest BCUT2D eigenvalue weighted by molar-refractivity contribution is 7.92. The van der Waals surface area contributed by atoms with Crippen LogP contribution in [-0.2, 0) is 10.0 Å². The fraction of sp³-hybridized carbons (Fsp3) is 0. The van der Waals surface area contributed by atoms with Gasteiger partial charge in [0.25, 0.3) is 15.9 Å².